The molecule has 70 heavy (non-hydrogen) atoms. The molecule has 8 rings (SSSR count). The van der Waals surface area contributed by atoms with E-state index in [0.717, 1.165) is 22.0 Å². The van der Waals surface area contributed by atoms with Crippen LogP contribution in [0.15, 0.2) is 115 Å². The third kappa shape index (κ3) is 9.70. The second-order valence-electron chi connectivity index (χ2n) is 18.9. The molecule has 368 valence electrons. The van der Waals surface area contributed by atoms with E-state index in [0.29, 0.717) is 66.4 Å². The number of hydrogen-bond acceptors (Lipinski definition) is 11. The maximum absolute atomic E-state index is 15.8. The zero-order valence-corrected chi connectivity index (χ0v) is 41.5. The third-order valence-corrected chi connectivity index (χ3v) is 18.7. The van der Waals surface area contributed by atoms with Gasteiger partial charge in [-0.3, -0.25) is 29.4 Å². The van der Waals surface area contributed by atoms with E-state index in [4.69, 9.17) is 14.2 Å². The molecule has 3 aliphatic rings. The van der Waals surface area contributed by atoms with Crippen molar-refractivity contribution >= 4 is 53.7 Å². The molecule has 0 aromatic heterocycles. The molecule has 1 spiro atoms. The van der Waals surface area contributed by atoms with Gasteiger partial charge in [-0.2, -0.15) is 0 Å². The predicted octanol–water partition coefficient (Wildman–Crippen LogP) is 7.13. The van der Waals surface area contributed by atoms with Crippen molar-refractivity contribution in [2.24, 2.45) is 5.92 Å². The van der Waals surface area contributed by atoms with Crippen LogP contribution >= 0.6 is 0 Å². The summed E-state index contributed by atoms with van der Waals surface area (Å²) in [4.78, 5) is 61.8. The highest BCUT2D eigenvalue weighted by molar-refractivity contribution is 6.91. The fourth-order valence-corrected chi connectivity index (χ4v) is 15.0. The van der Waals surface area contributed by atoms with Crippen LogP contribution in [0.25, 0.3) is 0 Å². The Bertz CT molecular complexity index is 2700. The van der Waals surface area contributed by atoms with Gasteiger partial charge in [-0.25, -0.2) is 0 Å². The minimum atomic E-state index is -2.73. The average molecular weight is 970 g/mol. The lowest BCUT2D eigenvalue weighted by atomic mass is 9.82. The van der Waals surface area contributed by atoms with Crippen LogP contribution in [0.2, 0.25) is 18.6 Å². The van der Waals surface area contributed by atoms with Gasteiger partial charge >= 0.3 is 0 Å². The number of unbranched alkanes of at least 4 members (excludes halogenated alkanes) is 1. The number of nitrogens with one attached hydrogen (secondary N) is 1. The highest BCUT2D eigenvalue weighted by Gasteiger charge is 2.67. The van der Waals surface area contributed by atoms with Crippen molar-refractivity contribution in [3.8, 4) is 11.5 Å². The van der Waals surface area contributed by atoms with Gasteiger partial charge in [0, 0.05) is 49.0 Å². The molecule has 3 N–H and O–H groups in total. The summed E-state index contributed by atoms with van der Waals surface area (Å²) < 4.78 is 18.6. The number of non-ortho nitro benzene ring substituents is 1. The van der Waals surface area contributed by atoms with Gasteiger partial charge in [-0.1, -0.05) is 79.8 Å². The van der Waals surface area contributed by atoms with Gasteiger partial charge in [0.2, 0.25) is 11.8 Å². The number of aliphatic hydroxyl groups excluding tert-OH is 2. The standard InChI is InChI=1S/C54H63N5O10Si/c1-6-68-43-20-24-47-39(30-43)31-46(55-25-10-11-27-60)52(63)58(47)40-16-12-15-38(29-40)35-57-48-23-17-41(59(65)66)32-45(48)54(53(57)64)36(2)51(70(4,5)44-21-18-42(67-3)19-22-44)49(69-54)33-50(62)56(26-28-61)34-37-13-8-7-9-14-37/h7-9,12-24,29-30,32,36,46,49,51,55,60-61H,6,10-11,25-28,31,33-35H2,1-5H3/t36-,46?,49+,51-,54+/m0/s1. The van der Waals surface area contributed by atoms with Crippen LogP contribution in [0.3, 0.4) is 0 Å². The fraction of sp³-hybridized carbons (Fsp3) is 0.389. The molecular formula is C54H63N5O10Si. The van der Waals surface area contributed by atoms with Gasteiger partial charge in [0.1, 0.15) is 11.5 Å². The molecule has 16 heteroatoms. The summed E-state index contributed by atoms with van der Waals surface area (Å²) in [5.41, 5.74) is 2.42. The monoisotopic (exact) mass is 969 g/mol. The smallest absolute Gasteiger partial charge is 0.269 e. The Morgan fingerprint density at radius 2 is 1.64 bits per heavy atom. The summed E-state index contributed by atoms with van der Waals surface area (Å²) in [6, 6.07) is 34.5. The van der Waals surface area contributed by atoms with Crippen LogP contribution < -0.4 is 29.8 Å². The number of rotatable bonds is 20. The SMILES string of the molecule is CCOc1ccc2c(c1)CC(NCCCCO)C(=O)N2c1cccc(CN2C(=O)[C@]3(O[C@H](CC(=O)N(CCO)Cc4ccccc4)[C@@H]([Si](C)(C)c4ccc(OC)cc4)[C@@H]3C)c3cc([N+](=O)[O-])ccc32)c1. The Morgan fingerprint density at radius 3 is 2.34 bits per heavy atom. The number of nitro benzene ring substituents is 1. The van der Waals surface area contributed by atoms with Crippen LogP contribution in [0.5, 0.6) is 11.5 Å². The van der Waals surface area contributed by atoms with Gasteiger partial charge in [0.05, 0.1) is 69.8 Å². The maximum atomic E-state index is 15.8. The Kier molecular flexibility index (Phi) is 15.2. The molecule has 0 radical (unpaired) electrons. The van der Waals surface area contributed by atoms with Crippen LogP contribution in [0, 0.1) is 16.0 Å². The first-order chi connectivity index (χ1) is 33.7. The topological polar surface area (TPSA) is 184 Å². The molecule has 5 aromatic rings. The fourth-order valence-electron chi connectivity index (χ4n) is 11.0. The van der Waals surface area contributed by atoms with Crippen molar-refractivity contribution in [3.63, 3.8) is 0 Å². The predicted molar refractivity (Wildman–Crippen MR) is 270 cm³/mol. The molecule has 3 heterocycles. The summed E-state index contributed by atoms with van der Waals surface area (Å²) in [5.74, 6) is 0.0368. The van der Waals surface area contributed by atoms with E-state index in [9.17, 15) is 29.9 Å². The molecule has 3 amide bonds. The normalized spacial score (nSPS) is 20.7. The Labute approximate surface area is 410 Å². The van der Waals surface area contributed by atoms with Crippen molar-refractivity contribution in [2.75, 3.05) is 49.8 Å². The van der Waals surface area contributed by atoms with E-state index < -0.39 is 42.6 Å². The van der Waals surface area contributed by atoms with Crippen LogP contribution in [-0.4, -0.2) is 98.0 Å². The lowest BCUT2D eigenvalue weighted by Crippen LogP contribution is -2.52. The number of nitrogens with zero attached hydrogens (tertiary/aromatic N) is 4. The Hall–Kier alpha value is -6.43. The van der Waals surface area contributed by atoms with E-state index in [1.54, 1.807) is 27.9 Å². The summed E-state index contributed by atoms with van der Waals surface area (Å²) in [7, 11) is -1.13. The first-order valence-electron chi connectivity index (χ1n) is 24.1. The molecule has 1 saturated heterocycles. The lowest BCUT2D eigenvalue weighted by molar-refractivity contribution is -0.385. The number of ether oxygens (including phenoxy) is 3. The van der Waals surface area contributed by atoms with Gasteiger partial charge in [0.25, 0.3) is 11.6 Å². The largest absolute Gasteiger partial charge is 0.497 e. The van der Waals surface area contributed by atoms with E-state index in [-0.39, 0.29) is 62.3 Å². The molecule has 0 aliphatic carbocycles. The average Bonchev–Trinajstić information content (AvgIpc) is 3.78. The van der Waals surface area contributed by atoms with Crippen molar-refractivity contribution < 1.29 is 43.7 Å². The third-order valence-electron chi connectivity index (χ3n) is 14.4. The molecule has 3 aliphatic heterocycles. The van der Waals surface area contributed by atoms with Gasteiger partial charge < -0.3 is 39.5 Å². The number of aliphatic hydroxyl groups is 2. The number of fused-ring (bicyclic) bond motifs is 3. The molecule has 15 nitrogen and oxygen atoms in total. The molecule has 5 aromatic carbocycles. The molecule has 1 unspecified atom stereocenters. The number of methoxy groups -OCH3 is 1. The number of hydrogen-bond donors (Lipinski definition) is 3. The van der Waals surface area contributed by atoms with Crippen LogP contribution in [0.4, 0.5) is 22.7 Å². The summed E-state index contributed by atoms with van der Waals surface area (Å²) in [6.07, 6.45) is 0.885. The minimum absolute atomic E-state index is 0.0469. The second kappa shape index (κ2) is 21.3. The van der Waals surface area contributed by atoms with Crippen LogP contribution in [0.1, 0.15) is 55.4 Å². The van der Waals surface area contributed by atoms with Crippen molar-refractivity contribution in [1.29, 1.82) is 0 Å². The number of nitro groups is 1. The number of amides is 3. The highest BCUT2D eigenvalue weighted by Crippen LogP contribution is 2.60. The van der Waals surface area contributed by atoms with Gasteiger partial charge in [-0.15, -0.1) is 0 Å². The summed E-state index contributed by atoms with van der Waals surface area (Å²) in [6.45, 7) is 9.56. The Balaban J connectivity index is 1.18. The van der Waals surface area contributed by atoms with Crippen molar-refractivity contribution in [3.05, 3.63) is 148 Å². The summed E-state index contributed by atoms with van der Waals surface area (Å²) >= 11 is 0. The molecule has 0 saturated carbocycles. The zero-order valence-electron chi connectivity index (χ0n) is 40.5. The highest BCUT2D eigenvalue weighted by atomic mass is 28.3. The zero-order chi connectivity index (χ0) is 49.7. The number of anilines is 3. The van der Waals surface area contributed by atoms with E-state index >= 15 is 4.79 Å². The molecular weight excluding hydrogens is 907 g/mol. The molecule has 1 fully saturated rings. The van der Waals surface area contributed by atoms with E-state index in [1.165, 1.54) is 12.1 Å². The number of carbonyl (C=O) groups is 3. The number of carbonyl (C=O) groups excluding carboxylic acids is 3. The van der Waals surface area contributed by atoms with Crippen molar-refractivity contribution in [1.82, 2.24) is 10.2 Å². The Morgan fingerprint density at radius 1 is 0.914 bits per heavy atom. The quantitative estimate of drug-likeness (QED) is 0.0312. The minimum Gasteiger partial charge on any atom is -0.497 e. The first-order valence-corrected chi connectivity index (χ1v) is 27.2. The maximum Gasteiger partial charge on any atom is 0.269 e. The first kappa shape index (κ1) is 50.0. The molecule has 5 atom stereocenters. The van der Waals surface area contributed by atoms with E-state index in [2.05, 4.69) is 18.4 Å². The van der Waals surface area contributed by atoms with Crippen molar-refractivity contribution in [2.45, 2.75) is 89.0 Å². The summed E-state index contributed by atoms with van der Waals surface area (Å²) in [5, 5.41) is 36.5. The van der Waals surface area contributed by atoms with E-state index in [1.807, 2.05) is 111 Å². The number of benzene rings is 5. The molecule has 0 bridgehead atoms. The van der Waals surface area contributed by atoms with Gasteiger partial charge in [0.15, 0.2) is 5.60 Å². The second-order valence-corrected chi connectivity index (χ2v) is 23.6. The lowest BCUT2D eigenvalue weighted by Gasteiger charge is -2.37. The van der Waals surface area contributed by atoms with Crippen LogP contribution in [-0.2, 0) is 44.2 Å². The van der Waals surface area contributed by atoms with Gasteiger partial charge in [-0.05, 0) is 103 Å².